The van der Waals surface area contributed by atoms with E-state index in [2.05, 4.69) is 15.5 Å². The number of benzene rings is 1. The predicted octanol–water partition coefficient (Wildman–Crippen LogP) is 1.54. The summed E-state index contributed by atoms with van der Waals surface area (Å²) in [6, 6.07) is 5.81. The Morgan fingerprint density at radius 1 is 1.39 bits per heavy atom. The molecular weight excluding hydrogens is 294 g/mol. The van der Waals surface area contributed by atoms with Crippen LogP contribution in [-0.4, -0.2) is 49.5 Å². The van der Waals surface area contributed by atoms with Gasteiger partial charge in [0, 0.05) is 19.5 Å². The fourth-order valence-electron chi connectivity index (χ4n) is 2.92. The molecule has 0 spiro atoms. The van der Waals surface area contributed by atoms with Crippen molar-refractivity contribution in [2.24, 2.45) is 0 Å². The smallest absolute Gasteiger partial charge is 0.238 e. The zero-order chi connectivity index (χ0) is 16.8. The number of nitrogens with zero attached hydrogens (tertiary/aromatic N) is 1. The molecule has 1 unspecified atom stereocenters. The Labute approximate surface area is 137 Å². The van der Waals surface area contributed by atoms with E-state index in [-0.39, 0.29) is 17.9 Å². The average molecular weight is 319 g/mol. The lowest BCUT2D eigenvalue weighted by Gasteiger charge is -2.32. The number of hydrogen-bond acceptors (Lipinski definition) is 4. The summed E-state index contributed by atoms with van der Waals surface area (Å²) in [4.78, 5) is 25.5. The van der Waals surface area contributed by atoms with Crippen molar-refractivity contribution in [3.05, 3.63) is 23.8 Å². The first kappa shape index (κ1) is 17.3. The molecule has 2 rings (SSSR count). The number of nitrogens with one attached hydrogen (secondary N) is 2. The normalized spacial score (nSPS) is 18.3. The number of amides is 2. The molecule has 6 nitrogen and oxygen atoms in total. The third-order valence-electron chi connectivity index (χ3n) is 3.91. The molecule has 6 heteroatoms. The number of rotatable bonds is 5. The number of aryl methyl sites for hydroxylation is 1. The van der Waals surface area contributed by atoms with Gasteiger partial charge in [0.2, 0.25) is 11.8 Å². The largest absolute Gasteiger partial charge is 0.495 e. The number of likely N-dealkylation sites (tertiary alicyclic amines) is 1. The summed E-state index contributed by atoms with van der Waals surface area (Å²) in [6.45, 7) is 5.38. The minimum atomic E-state index is -0.0719. The van der Waals surface area contributed by atoms with Gasteiger partial charge in [-0.3, -0.25) is 14.5 Å². The number of methoxy groups -OCH3 is 1. The molecule has 0 aromatic heterocycles. The minimum Gasteiger partial charge on any atom is -0.495 e. The second kappa shape index (κ2) is 7.97. The Balaban J connectivity index is 1.92. The van der Waals surface area contributed by atoms with Crippen LogP contribution in [0.2, 0.25) is 0 Å². The highest BCUT2D eigenvalue weighted by atomic mass is 16.5. The summed E-state index contributed by atoms with van der Waals surface area (Å²) in [5, 5.41) is 5.84. The van der Waals surface area contributed by atoms with Gasteiger partial charge in [-0.2, -0.15) is 0 Å². The molecule has 1 heterocycles. The van der Waals surface area contributed by atoms with Crippen molar-refractivity contribution >= 4 is 17.5 Å². The van der Waals surface area contributed by atoms with E-state index in [1.165, 1.54) is 6.92 Å². The molecule has 126 valence electrons. The Hall–Kier alpha value is -2.08. The standard InChI is InChI=1S/C17H25N3O3/c1-12-6-7-16(23-3)15(9-12)19-17(22)11-20-8-4-5-14(10-20)18-13(2)21/h6-7,9,14H,4-5,8,10-11H2,1-3H3,(H,18,21)(H,19,22). The summed E-state index contributed by atoms with van der Waals surface area (Å²) < 4.78 is 5.28. The molecule has 1 atom stereocenters. The zero-order valence-electron chi connectivity index (χ0n) is 14.0. The Morgan fingerprint density at radius 3 is 2.87 bits per heavy atom. The lowest BCUT2D eigenvalue weighted by Crippen LogP contribution is -2.49. The summed E-state index contributed by atoms with van der Waals surface area (Å²) >= 11 is 0. The first-order valence-corrected chi connectivity index (χ1v) is 7.92. The van der Waals surface area contributed by atoms with E-state index < -0.39 is 0 Å². The second-order valence-electron chi connectivity index (χ2n) is 6.03. The van der Waals surface area contributed by atoms with Crippen LogP contribution in [0.1, 0.15) is 25.3 Å². The van der Waals surface area contributed by atoms with Crippen molar-refractivity contribution in [1.82, 2.24) is 10.2 Å². The molecule has 0 saturated carbocycles. The van der Waals surface area contributed by atoms with Gasteiger partial charge in [0.05, 0.1) is 19.3 Å². The van der Waals surface area contributed by atoms with Crippen LogP contribution in [0.4, 0.5) is 5.69 Å². The van der Waals surface area contributed by atoms with Crippen LogP contribution in [0.3, 0.4) is 0 Å². The molecule has 23 heavy (non-hydrogen) atoms. The first-order chi connectivity index (χ1) is 11.0. The maximum atomic E-state index is 12.3. The molecule has 1 fully saturated rings. The summed E-state index contributed by atoms with van der Waals surface area (Å²) in [6.07, 6.45) is 1.94. The van der Waals surface area contributed by atoms with E-state index in [0.29, 0.717) is 24.5 Å². The molecule has 0 aliphatic carbocycles. The van der Waals surface area contributed by atoms with Crippen LogP contribution in [0, 0.1) is 6.92 Å². The predicted molar refractivity (Wildman–Crippen MR) is 89.6 cm³/mol. The number of hydrogen-bond donors (Lipinski definition) is 2. The van der Waals surface area contributed by atoms with Crippen LogP contribution < -0.4 is 15.4 Å². The molecule has 1 aliphatic rings. The SMILES string of the molecule is COc1ccc(C)cc1NC(=O)CN1CCCC(NC(C)=O)C1. The Kier molecular flexibility index (Phi) is 5.98. The third kappa shape index (κ3) is 5.25. The molecule has 0 bridgehead atoms. The highest BCUT2D eigenvalue weighted by Crippen LogP contribution is 2.25. The van der Waals surface area contributed by atoms with Crippen molar-refractivity contribution in [2.45, 2.75) is 32.7 Å². The van der Waals surface area contributed by atoms with E-state index in [1.807, 2.05) is 25.1 Å². The lowest BCUT2D eigenvalue weighted by molar-refractivity contribution is -0.120. The van der Waals surface area contributed by atoms with E-state index in [9.17, 15) is 9.59 Å². The van der Waals surface area contributed by atoms with Crippen molar-refractivity contribution < 1.29 is 14.3 Å². The molecule has 1 aromatic carbocycles. The monoisotopic (exact) mass is 319 g/mol. The van der Waals surface area contributed by atoms with Gasteiger partial charge in [0.15, 0.2) is 0 Å². The molecule has 1 aliphatic heterocycles. The van der Waals surface area contributed by atoms with Crippen LogP contribution in [0.15, 0.2) is 18.2 Å². The second-order valence-corrected chi connectivity index (χ2v) is 6.03. The number of carbonyl (C=O) groups is 2. The van der Waals surface area contributed by atoms with Gasteiger partial charge >= 0.3 is 0 Å². The van der Waals surface area contributed by atoms with Gasteiger partial charge in [-0.25, -0.2) is 0 Å². The quantitative estimate of drug-likeness (QED) is 0.864. The van der Waals surface area contributed by atoms with Crippen molar-refractivity contribution in [1.29, 1.82) is 0 Å². The fourth-order valence-corrected chi connectivity index (χ4v) is 2.92. The van der Waals surface area contributed by atoms with Gasteiger partial charge in [-0.05, 0) is 44.0 Å². The van der Waals surface area contributed by atoms with Crippen molar-refractivity contribution in [2.75, 3.05) is 32.1 Å². The highest BCUT2D eigenvalue weighted by Gasteiger charge is 2.22. The molecule has 1 aromatic rings. The molecule has 0 radical (unpaired) electrons. The van der Waals surface area contributed by atoms with Gasteiger partial charge < -0.3 is 15.4 Å². The van der Waals surface area contributed by atoms with Gasteiger partial charge in [-0.1, -0.05) is 6.07 Å². The van der Waals surface area contributed by atoms with Gasteiger partial charge in [0.25, 0.3) is 0 Å². The van der Waals surface area contributed by atoms with E-state index in [0.717, 1.165) is 24.9 Å². The zero-order valence-corrected chi connectivity index (χ0v) is 14.0. The summed E-state index contributed by atoms with van der Waals surface area (Å²) in [7, 11) is 1.59. The Bertz CT molecular complexity index is 574. The van der Waals surface area contributed by atoms with Crippen LogP contribution in [-0.2, 0) is 9.59 Å². The summed E-state index contributed by atoms with van der Waals surface area (Å²) in [5.41, 5.74) is 1.75. The maximum absolute atomic E-state index is 12.3. The fraction of sp³-hybridized carbons (Fsp3) is 0.529. The van der Waals surface area contributed by atoms with Crippen molar-refractivity contribution in [3.8, 4) is 5.75 Å². The van der Waals surface area contributed by atoms with Crippen molar-refractivity contribution in [3.63, 3.8) is 0 Å². The number of ether oxygens (including phenoxy) is 1. The average Bonchev–Trinajstić information content (AvgIpc) is 2.47. The summed E-state index contributed by atoms with van der Waals surface area (Å²) in [5.74, 6) is 0.557. The number of anilines is 1. The van der Waals surface area contributed by atoms with E-state index in [1.54, 1.807) is 7.11 Å². The maximum Gasteiger partial charge on any atom is 0.238 e. The van der Waals surface area contributed by atoms with Gasteiger partial charge in [-0.15, -0.1) is 0 Å². The number of piperidine rings is 1. The topological polar surface area (TPSA) is 70.7 Å². The van der Waals surface area contributed by atoms with E-state index >= 15 is 0 Å². The molecule has 2 N–H and O–H groups in total. The molecule has 1 saturated heterocycles. The number of carbonyl (C=O) groups excluding carboxylic acids is 2. The van der Waals surface area contributed by atoms with Crippen LogP contribution >= 0.6 is 0 Å². The Morgan fingerprint density at radius 2 is 2.17 bits per heavy atom. The first-order valence-electron chi connectivity index (χ1n) is 7.92. The molecular formula is C17H25N3O3. The van der Waals surface area contributed by atoms with Gasteiger partial charge in [0.1, 0.15) is 5.75 Å². The van der Waals surface area contributed by atoms with E-state index in [4.69, 9.17) is 4.74 Å². The highest BCUT2D eigenvalue weighted by molar-refractivity contribution is 5.93. The van der Waals surface area contributed by atoms with Crippen LogP contribution in [0.25, 0.3) is 0 Å². The lowest BCUT2D eigenvalue weighted by atomic mass is 10.1. The third-order valence-corrected chi connectivity index (χ3v) is 3.91. The minimum absolute atomic E-state index is 0.0224. The van der Waals surface area contributed by atoms with Crippen LogP contribution in [0.5, 0.6) is 5.75 Å². The molecule has 2 amide bonds.